The molecule has 1 N–H and O–H groups in total. The van der Waals surface area contributed by atoms with Crippen molar-refractivity contribution < 1.29 is 4.79 Å². The highest BCUT2D eigenvalue weighted by Gasteiger charge is 2.23. The van der Waals surface area contributed by atoms with Gasteiger partial charge in [-0.15, -0.1) is 12.4 Å². The van der Waals surface area contributed by atoms with E-state index in [0.29, 0.717) is 11.7 Å². The molecular weight excluding hydrogens is 162 g/mol. The van der Waals surface area contributed by atoms with E-state index in [-0.39, 0.29) is 18.4 Å². The number of hydrogen-bond acceptors (Lipinski definition) is 2. The fourth-order valence-corrected chi connectivity index (χ4v) is 1.40. The van der Waals surface area contributed by atoms with Crippen molar-refractivity contribution in [3.05, 3.63) is 0 Å². The van der Waals surface area contributed by atoms with E-state index in [0.717, 1.165) is 19.4 Å². The highest BCUT2D eigenvalue weighted by Crippen LogP contribution is 2.10. The Bertz CT molecular complexity index is 136. The molecule has 0 bridgehead atoms. The molecule has 0 spiro atoms. The van der Waals surface area contributed by atoms with Gasteiger partial charge in [-0.05, 0) is 18.9 Å². The van der Waals surface area contributed by atoms with E-state index in [1.165, 1.54) is 0 Å². The van der Waals surface area contributed by atoms with Crippen LogP contribution in [0.4, 0.5) is 0 Å². The first-order valence-electron chi connectivity index (χ1n) is 3.98. The summed E-state index contributed by atoms with van der Waals surface area (Å²) in [7, 11) is 0. The molecule has 0 saturated carbocycles. The van der Waals surface area contributed by atoms with E-state index < -0.39 is 0 Å². The van der Waals surface area contributed by atoms with Crippen LogP contribution in [0.2, 0.25) is 0 Å². The lowest BCUT2D eigenvalue weighted by atomic mass is 9.94. The van der Waals surface area contributed by atoms with E-state index >= 15 is 0 Å². The van der Waals surface area contributed by atoms with Gasteiger partial charge in [0.25, 0.3) is 0 Å². The van der Waals surface area contributed by atoms with Gasteiger partial charge in [-0.2, -0.15) is 0 Å². The first-order chi connectivity index (χ1) is 4.72. The van der Waals surface area contributed by atoms with Crippen molar-refractivity contribution in [3.63, 3.8) is 0 Å². The van der Waals surface area contributed by atoms with Crippen LogP contribution in [0.25, 0.3) is 0 Å². The van der Waals surface area contributed by atoms with Crippen LogP contribution in [0.3, 0.4) is 0 Å². The topological polar surface area (TPSA) is 29.1 Å². The normalized spacial score (nSPS) is 25.0. The van der Waals surface area contributed by atoms with Crippen LogP contribution in [-0.4, -0.2) is 18.4 Å². The highest BCUT2D eigenvalue weighted by atomic mass is 35.5. The first kappa shape index (κ1) is 10.9. The van der Waals surface area contributed by atoms with Crippen molar-refractivity contribution in [1.82, 2.24) is 5.32 Å². The molecule has 1 saturated heterocycles. The average molecular weight is 178 g/mol. The van der Waals surface area contributed by atoms with Gasteiger partial charge in [0.2, 0.25) is 0 Å². The third-order valence-corrected chi connectivity index (χ3v) is 1.98. The molecule has 0 radical (unpaired) electrons. The maximum atomic E-state index is 11.2. The maximum Gasteiger partial charge on any atom is 0.150 e. The molecule has 1 aliphatic rings. The Balaban J connectivity index is 0.000001000. The lowest BCUT2D eigenvalue weighted by Gasteiger charge is -2.25. The Morgan fingerprint density at radius 2 is 2.18 bits per heavy atom. The van der Waals surface area contributed by atoms with Gasteiger partial charge in [0.15, 0.2) is 0 Å². The van der Waals surface area contributed by atoms with Crippen molar-refractivity contribution in [2.24, 2.45) is 5.92 Å². The summed E-state index contributed by atoms with van der Waals surface area (Å²) in [6, 6.07) is 0.133. The average Bonchev–Trinajstić information content (AvgIpc) is 1.88. The Hall–Kier alpha value is -0.0800. The van der Waals surface area contributed by atoms with Gasteiger partial charge >= 0.3 is 0 Å². The Morgan fingerprint density at radius 3 is 2.55 bits per heavy atom. The molecule has 1 atom stereocenters. The largest absolute Gasteiger partial charge is 0.307 e. The monoisotopic (exact) mass is 177 g/mol. The summed E-state index contributed by atoms with van der Waals surface area (Å²) in [6.45, 7) is 5.18. The summed E-state index contributed by atoms with van der Waals surface area (Å²) in [5, 5.41) is 3.22. The zero-order chi connectivity index (χ0) is 7.56. The molecule has 1 unspecified atom stereocenters. The zero-order valence-corrected chi connectivity index (χ0v) is 7.91. The van der Waals surface area contributed by atoms with Crippen LogP contribution in [0.1, 0.15) is 26.7 Å². The number of piperidine rings is 1. The fraction of sp³-hybridized carbons (Fsp3) is 0.875. The SMILES string of the molecule is CC(C)C1NCCCC1=O.Cl. The van der Waals surface area contributed by atoms with Crippen molar-refractivity contribution in [1.29, 1.82) is 0 Å². The Morgan fingerprint density at radius 1 is 1.55 bits per heavy atom. The molecule has 0 aromatic carbocycles. The third-order valence-electron chi connectivity index (χ3n) is 1.98. The number of rotatable bonds is 1. The molecule has 2 nitrogen and oxygen atoms in total. The number of carbonyl (C=O) groups excluding carboxylic acids is 1. The summed E-state index contributed by atoms with van der Waals surface area (Å²) >= 11 is 0. The molecule has 3 heteroatoms. The van der Waals surface area contributed by atoms with Gasteiger partial charge in [-0.25, -0.2) is 0 Å². The van der Waals surface area contributed by atoms with E-state index in [4.69, 9.17) is 0 Å². The molecule has 0 amide bonds. The van der Waals surface area contributed by atoms with E-state index in [9.17, 15) is 4.79 Å². The molecule has 0 aliphatic carbocycles. The van der Waals surface area contributed by atoms with Crippen LogP contribution in [0, 0.1) is 5.92 Å². The molecule has 66 valence electrons. The summed E-state index contributed by atoms with van der Waals surface area (Å²) in [4.78, 5) is 11.2. The van der Waals surface area contributed by atoms with Gasteiger partial charge < -0.3 is 5.32 Å². The van der Waals surface area contributed by atoms with Crippen LogP contribution >= 0.6 is 12.4 Å². The predicted octanol–water partition coefficient (Wildman–Crippen LogP) is 1.39. The van der Waals surface area contributed by atoms with Crippen LogP contribution in [0.15, 0.2) is 0 Å². The van der Waals surface area contributed by atoms with Crippen LogP contribution < -0.4 is 5.32 Å². The number of hydrogen-bond donors (Lipinski definition) is 1. The summed E-state index contributed by atoms with van der Waals surface area (Å²) in [5.41, 5.74) is 0. The van der Waals surface area contributed by atoms with Gasteiger partial charge in [0.05, 0.1) is 6.04 Å². The number of halogens is 1. The van der Waals surface area contributed by atoms with Gasteiger partial charge in [0, 0.05) is 6.42 Å². The minimum atomic E-state index is 0. The predicted molar refractivity (Wildman–Crippen MR) is 48.1 cm³/mol. The fourth-order valence-electron chi connectivity index (χ4n) is 1.40. The van der Waals surface area contributed by atoms with Gasteiger partial charge in [-0.3, -0.25) is 4.79 Å². The second-order valence-corrected chi connectivity index (χ2v) is 3.25. The van der Waals surface area contributed by atoms with Crippen molar-refractivity contribution in [2.75, 3.05) is 6.54 Å². The summed E-state index contributed by atoms with van der Waals surface area (Å²) in [6.07, 6.45) is 1.79. The highest BCUT2D eigenvalue weighted by molar-refractivity contribution is 5.85. The van der Waals surface area contributed by atoms with Crippen molar-refractivity contribution in [3.8, 4) is 0 Å². The van der Waals surface area contributed by atoms with Crippen LogP contribution in [-0.2, 0) is 4.79 Å². The van der Waals surface area contributed by atoms with E-state index in [1.807, 2.05) is 0 Å². The maximum absolute atomic E-state index is 11.2. The number of ketones is 1. The first-order valence-corrected chi connectivity index (χ1v) is 3.98. The lowest BCUT2D eigenvalue weighted by Crippen LogP contribution is -2.45. The zero-order valence-electron chi connectivity index (χ0n) is 7.09. The Labute approximate surface area is 74.2 Å². The number of Topliss-reactive ketones (excluding diaryl/α,β-unsaturated/α-hetero) is 1. The molecule has 1 rings (SSSR count). The minimum Gasteiger partial charge on any atom is -0.307 e. The standard InChI is InChI=1S/C8H15NO.ClH/c1-6(2)8-7(10)4-3-5-9-8;/h6,8-9H,3-5H2,1-2H3;1H. The number of nitrogens with one attached hydrogen (secondary N) is 1. The summed E-state index contributed by atoms with van der Waals surface area (Å²) < 4.78 is 0. The van der Waals surface area contributed by atoms with Crippen molar-refractivity contribution in [2.45, 2.75) is 32.7 Å². The molecule has 1 heterocycles. The van der Waals surface area contributed by atoms with Gasteiger partial charge in [-0.1, -0.05) is 13.8 Å². The van der Waals surface area contributed by atoms with E-state index in [2.05, 4.69) is 19.2 Å². The van der Waals surface area contributed by atoms with Crippen LogP contribution in [0.5, 0.6) is 0 Å². The molecule has 1 aliphatic heterocycles. The lowest BCUT2D eigenvalue weighted by molar-refractivity contribution is -0.123. The Kier molecular flexibility index (Phi) is 4.69. The second-order valence-electron chi connectivity index (χ2n) is 3.25. The quantitative estimate of drug-likeness (QED) is 0.656. The third kappa shape index (κ3) is 2.80. The smallest absolute Gasteiger partial charge is 0.150 e. The van der Waals surface area contributed by atoms with Crippen molar-refractivity contribution >= 4 is 18.2 Å². The molecular formula is C8H16ClNO. The molecule has 0 aromatic rings. The second kappa shape index (κ2) is 4.73. The molecule has 1 fully saturated rings. The van der Waals surface area contributed by atoms with E-state index in [1.54, 1.807) is 0 Å². The molecule has 11 heavy (non-hydrogen) atoms. The van der Waals surface area contributed by atoms with Gasteiger partial charge in [0.1, 0.15) is 5.78 Å². The number of carbonyl (C=O) groups is 1. The molecule has 0 aromatic heterocycles. The summed E-state index contributed by atoms with van der Waals surface area (Å²) in [5.74, 6) is 0.842. The minimum absolute atomic E-state index is 0.